The van der Waals surface area contributed by atoms with Crippen molar-refractivity contribution in [1.82, 2.24) is 0 Å². The standard InChI is InChI=1S/CH2O3.Na.H2O.Zr.H/c2-1(3)4;;;;/h(H2,2,3,4);;1H2;;. The minimum atomic E-state index is -1.83. The van der Waals surface area contributed by atoms with Crippen molar-refractivity contribution in [2.75, 3.05) is 0 Å². The van der Waals surface area contributed by atoms with E-state index in [4.69, 9.17) is 15.0 Å². The summed E-state index contributed by atoms with van der Waals surface area (Å²) in [5.41, 5.74) is 0. The van der Waals surface area contributed by atoms with Crippen molar-refractivity contribution >= 4 is 35.7 Å². The first-order valence-corrected chi connectivity index (χ1v) is 0.651. The minimum Gasteiger partial charge on any atom is 0 e. The first kappa shape index (κ1) is 24.3. The van der Waals surface area contributed by atoms with Crippen molar-refractivity contribution < 1.29 is 46.7 Å². The first-order valence-electron chi connectivity index (χ1n) is 0.651. The fraction of sp³-hybridized carbons (Fsp3) is 0. The Balaban J connectivity index is -0.0000000150. The molecule has 0 fully saturated rings. The third-order valence-electron chi connectivity index (χ3n) is 0. The second-order valence-corrected chi connectivity index (χ2v) is 0.283. The van der Waals surface area contributed by atoms with Crippen molar-refractivity contribution in [3.05, 3.63) is 0 Å². The molecule has 0 aromatic heterocycles. The van der Waals surface area contributed by atoms with E-state index in [1.54, 1.807) is 0 Å². The van der Waals surface area contributed by atoms with Crippen LogP contribution in [0.4, 0.5) is 4.79 Å². The maximum absolute atomic E-state index is 8.56. The minimum absolute atomic E-state index is 0. The predicted octanol–water partition coefficient (Wildman–Crippen LogP) is -1.25. The van der Waals surface area contributed by atoms with E-state index in [0.717, 1.165) is 0 Å². The summed E-state index contributed by atoms with van der Waals surface area (Å²) in [4.78, 5) is 8.56. The summed E-state index contributed by atoms with van der Waals surface area (Å²) in [7, 11) is 0. The van der Waals surface area contributed by atoms with Gasteiger partial charge in [-0.3, -0.25) is 0 Å². The van der Waals surface area contributed by atoms with Crippen LogP contribution in [0, 0.1) is 0 Å². The smallest absolute Gasteiger partial charge is 0 e. The Hall–Kier alpha value is 1.11. The molecule has 0 spiro atoms. The summed E-state index contributed by atoms with van der Waals surface area (Å²) in [6.07, 6.45) is -1.83. The van der Waals surface area contributed by atoms with Crippen LogP contribution in [0.25, 0.3) is 0 Å². The van der Waals surface area contributed by atoms with Gasteiger partial charge in [-0.25, -0.2) is 4.79 Å². The van der Waals surface area contributed by atoms with E-state index in [1.807, 2.05) is 0 Å². The Bertz CT molecular complexity index is 34.7. The van der Waals surface area contributed by atoms with E-state index >= 15 is 0 Å². The average Bonchev–Trinajstić information content (AvgIpc) is 0.811. The zero-order valence-electron chi connectivity index (χ0n) is 2.80. The van der Waals surface area contributed by atoms with Gasteiger partial charge < -0.3 is 15.7 Å². The number of hydrogen-bond acceptors (Lipinski definition) is 1. The Morgan fingerprint density at radius 3 is 1.29 bits per heavy atom. The van der Waals surface area contributed by atoms with Gasteiger partial charge in [0.2, 0.25) is 0 Å². The number of rotatable bonds is 0. The van der Waals surface area contributed by atoms with Gasteiger partial charge in [-0.05, 0) is 0 Å². The number of carboxylic acid groups (broad SMARTS) is 2. The monoisotopic (exact) mass is 194 g/mol. The summed E-state index contributed by atoms with van der Waals surface area (Å²) in [6.45, 7) is 0. The summed E-state index contributed by atoms with van der Waals surface area (Å²) in [5, 5.41) is 13.9. The van der Waals surface area contributed by atoms with Crippen molar-refractivity contribution in [3.63, 3.8) is 0 Å². The van der Waals surface area contributed by atoms with Crippen LogP contribution in [0.2, 0.25) is 0 Å². The quantitative estimate of drug-likeness (QED) is 0.473. The van der Waals surface area contributed by atoms with Crippen molar-refractivity contribution in [2.24, 2.45) is 0 Å². The molecule has 0 aromatic rings. The fourth-order valence-corrected chi connectivity index (χ4v) is 0. The maximum Gasteiger partial charge on any atom is 0 e. The average molecular weight is 195 g/mol. The van der Waals surface area contributed by atoms with Crippen LogP contribution in [0.15, 0.2) is 0 Å². The van der Waals surface area contributed by atoms with E-state index in [2.05, 4.69) is 0 Å². The molecule has 7 heavy (non-hydrogen) atoms. The molecule has 0 aliphatic rings. The molecule has 0 amide bonds. The molecule has 0 atom stereocenters. The molecule has 4 nitrogen and oxygen atoms in total. The third-order valence-corrected chi connectivity index (χ3v) is 0. The van der Waals surface area contributed by atoms with Gasteiger partial charge in [0.1, 0.15) is 0 Å². The molecule has 0 aliphatic carbocycles. The fourth-order valence-electron chi connectivity index (χ4n) is 0. The van der Waals surface area contributed by atoms with Gasteiger partial charge in [-0.15, -0.1) is 0 Å². The molecule has 0 aromatic carbocycles. The van der Waals surface area contributed by atoms with Crippen molar-refractivity contribution in [3.8, 4) is 0 Å². The van der Waals surface area contributed by atoms with Crippen LogP contribution in [0.3, 0.4) is 0 Å². The zero-order chi connectivity index (χ0) is 3.58. The van der Waals surface area contributed by atoms with Gasteiger partial charge in [-0.2, -0.15) is 0 Å². The summed E-state index contributed by atoms with van der Waals surface area (Å²) < 4.78 is 0. The first-order chi connectivity index (χ1) is 1.73. The molecule has 0 aliphatic heterocycles. The van der Waals surface area contributed by atoms with Gasteiger partial charge >= 0.3 is 35.7 Å². The largest absolute Gasteiger partial charge is 0 e. The molecule has 0 saturated carbocycles. The van der Waals surface area contributed by atoms with Gasteiger partial charge in [0.25, 0.3) is 0 Å². The molecule has 0 unspecified atom stereocenters. The predicted molar refractivity (Wildman–Crippen MR) is 21.4 cm³/mol. The molecule has 6 heteroatoms. The molecule has 38 valence electrons. The summed E-state index contributed by atoms with van der Waals surface area (Å²) in [5.74, 6) is 0. The van der Waals surface area contributed by atoms with E-state index in [0.29, 0.717) is 0 Å². The van der Waals surface area contributed by atoms with E-state index in [-0.39, 0.29) is 61.2 Å². The SMILES string of the molecule is O.O=C(O)O.[NaH].[Zr]. The molecule has 0 heterocycles. The Morgan fingerprint density at radius 2 is 1.29 bits per heavy atom. The second kappa shape index (κ2) is 15.7. The van der Waals surface area contributed by atoms with Crippen LogP contribution < -0.4 is 0 Å². The third kappa shape index (κ3) is 150. The Labute approximate surface area is 81.6 Å². The second-order valence-electron chi connectivity index (χ2n) is 0.283. The van der Waals surface area contributed by atoms with E-state index in [9.17, 15) is 0 Å². The topological polar surface area (TPSA) is 89.0 Å². The normalized spacial score (nSPS) is 3.43. The molecule has 0 radical (unpaired) electrons. The number of carbonyl (C=O) groups is 1. The molecule has 0 rings (SSSR count). The van der Waals surface area contributed by atoms with E-state index in [1.165, 1.54) is 0 Å². The van der Waals surface area contributed by atoms with Crippen LogP contribution >= 0.6 is 0 Å². The molecule has 4 N–H and O–H groups in total. The molecule has 0 bridgehead atoms. The summed E-state index contributed by atoms with van der Waals surface area (Å²) in [6, 6.07) is 0. The molecular weight excluding hydrogens is 190 g/mol. The zero-order valence-corrected chi connectivity index (χ0v) is 5.26. The number of hydrogen-bond donors (Lipinski definition) is 2. The van der Waals surface area contributed by atoms with Crippen LogP contribution in [0.1, 0.15) is 0 Å². The van der Waals surface area contributed by atoms with Gasteiger partial charge in [0.05, 0.1) is 0 Å². The van der Waals surface area contributed by atoms with Gasteiger partial charge in [0, 0.05) is 26.2 Å². The maximum atomic E-state index is 8.56. The van der Waals surface area contributed by atoms with Gasteiger partial charge in [-0.1, -0.05) is 0 Å². The summed E-state index contributed by atoms with van der Waals surface area (Å²) >= 11 is 0. The van der Waals surface area contributed by atoms with Crippen molar-refractivity contribution in [1.29, 1.82) is 0 Å². The molecular formula is CH5NaO4Zr. The van der Waals surface area contributed by atoms with E-state index < -0.39 is 6.16 Å². The Kier molecular flexibility index (Phi) is 54.5. The molecule has 0 saturated heterocycles. The van der Waals surface area contributed by atoms with Crippen molar-refractivity contribution in [2.45, 2.75) is 0 Å². The van der Waals surface area contributed by atoms with Crippen LogP contribution in [-0.2, 0) is 26.2 Å². The Morgan fingerprint density at radius 1 is 1.29 bits per heavy atom. The van der Waals surface area contributed by atoms with Crippen LogP contribution in [-0.4, -0.2) is 51.4 Å². The van der Waals surface area contributed by atoms with Crippen LogP contribution in [0.5, 0.6) is 0 Å². The van der Waals surface area contributed by atoms with Gasteiger partial charge in [0.15, 0.2) is 0 Å².